The number of hydrogen-bond acceptors (Lipinski definition) is 10. The van der Waals surface area contributed by atoms with E-state index in [1.807, 2.05) is 59.7 Å². The third kappa shape index (κ3) is 14.9. The zero-order chi connectivity index (χ0) is 57.7. The van der Waals surface area contributed by atoms with Crippen LogP contribution in [-0.2, 0) is 41.6 Å². The Morgan fingerprint density at radius 2 is 1.08 bits per heavy atom. The summed E-state index contributed by atoms with van der Waals surface area (Å²) in [5, 5.41) is 21.0. The molecule has 2 heterocycles. The van der Waals surface area contributed by atoms with E-state index in [1.54, 1.807) is 46.1 Å². The third-order valence-electron chi connectivity index (χ3n) is 16.4. The quantitative estimate of drug-likeness (QED) is 0.0727. The predicted molar refractivity (Wildman–Crippen MR) is 311 cm³/mol. The number of carbonyl (C=O) groups is 8. The molecule has 3 aromatic rings. The van der Waals surface area contributed by atoms with Crippen molar-refractivity contribution < 1.29 is 38.4 Å². The van der Waals surface area contributed by atoms with Crippen molar-refractivity contribution in [3.8, 4) is 0 Å². The molecule has 7 amide bonds. The van der Waals surface area contributed by atoms with Crippen molar-refractivity contribution in [2.24, 2.45) is 10.8 Å². The summed E-state index contributed by atoms with van der Waals surface area (Å²) in [6, 6.07) is 12.0. The second kappa shape index (κ2) is 26.0. The van der Waals surface area contributed by atoms with Gasteiger partial charge in [0, 0.05) is 51.7 Å². The Balaban J connectivity index is 1.08. The van der Waals surface area contributed by atoms with Crippen LogP contribution < -0.4 is 37.2 Å². The minimum atomic E-state index is -1.00. The molecule has 428 valence electrons. The van der Waals surface area contributed by atoms with Gasteiger partial charge < -0.3 is 47.0 Å². The normalized spacial score (nSPS) is 22.5. The van der Waals surface area contributed by atoms with E-state index in [0.717, 1.165) is 52.2 Å². The maximum absolute atomic E-state index is 14.8. The molecule has 0 bridgehead atoms. The van der Waals surface area contributed by atoms with Crippen LogP contribution in [0.2, 0.25) is 0 Å². The maximum Gasteiger partial charge on any atom is 0.251 e. The van der Waals surface area contributed by atoms with E-state index in [0.29, 0.717) is 12.8 Å². The molecule has 0 unspecified atom stereocenters. The molecule has 17 nitrogen and oxygen atoms in total. The van der Waals surface area contributed by atoms with Gasteiger partial charge in [0.25, 0.3) is 11.8 Å². The van der Waals surface area contributed by atoms with Crippen LogP contribution in [-0.4, -0.2) is 132 Å². The molecular formula is C60H81Br2N9O8. The van der Waals surface area contributed by atoms with Crippen molar-refractivity contribution in [2.45, 2.75) is 180 Å². The number of Topliss-reactive ketones (excluding diaryl/α,β-unsaturated/α-hetero) is 1. The maximum atomic E-state index is 14.8. The smallest absolute Gasteiger partial charge is 0.251 e. The molecule has 0 radical (unpaired) electrons. The van der Waals surface area contributed by atoms with Crippen molar-refractivity contribution in [3.63, 3.8) is 0 Å². The van der Waals surface area contributed by atoms with Crippen molar-refractivity contribution in [1.29, 1.82) is 0 Å². The molecule has 7 rings (SSSR count). The Morgan fingerprint density at radius 3 is 1.58 bits per heavy atom. The number of carbonyl (C=O) groups excluding carboxylic acids is 8. The summed E-state index contributed by atoms with van der Waals surface area (Å²) in [6.07, 6.45) is 6.49. The molecule has 19 heteroatoms. The first-order chi connectivity index (χ1) is 37.3. The molecule has 7 N–H and O–H groups in total. The van der Waals surface area contributed by atoms with E-state index < -0.39 is 82.8 Å². The average Bonchev–Trinajstić information content (AvgIpc) is 4.12. The highest BCUT2D eigenvalue weighted by molar-refractivity contribution is 9.10. The molecule has 2 aliphatic heterocycles. The first-order valence-electron chi connectivity index (χ1n) is 28.0. The second-order valence-corrected chi connectivity index (χ2v) is 26.1. The molecule has 79 heavy (non-hydrogen) atoms. The van der Waals surface area contributed by atoms with Crippen LogP contribution in [0.1, 0.15) is 162 Å². The lowest BCUT2D eigenvalue weighted by Gasteiger charge is -2.36. The number of amides is 7. The number of ketones is 1. The molecule has 2 aliphatic carbocycles. The standard InChI is InChI=1S/C60H81Br2N9O8/c1-33(63-9)52(73)68-50(59(3,4)5)57(78)70-31-42(29-47(70)49(72)25-22-36-15-11-14-35-20-23-40(61)27-44(35)36)65-54(75)38-17-12-18-39(26-38)55(76)66-43-30-48(56(77)67-46-19-13-16-37-21-24-41(62)28-45(37)46)71(32-43)58(79)51(60(6,7)8)69-53(74)34(2)64-10/h12,17-18,20-21,23-24,26-28,33-34,36,42-43,46-48,50-51,63-64H,11,13-16,19,22,25,29-32H2,1-10H3,(H,65,75)(H,66,76)(H,67,77)(H,68,73)(H,69,74)/t33-,34-,36-,42-,43-,46+,47-,48-,50+,51+/m0/s1. The van der Waals surface area contributed by atoms with Crippen molar-refractivity contribution >= 4 is 79.0 Å². The number of likely N-dealkylation sites (tertiary alicyclic amines) is 2. The topological polar surface area (TPSA) is 227 Å². The molecule has 2 fully saturated rings. The third-order valence-corrected chi connectivity index (χ3v) is 17.4. The van der Waals surface area contributed by atoms with Crippen molar-refractivity contribution in [2.75, 3.05) is 27.2 Å². The lowest BCUT2D eigenvalue weighted by atomic mass is 9.80. The number of nitrogens with zero attached hydrogens (tertiary/aromatic N) is 2. The first kappa shape index (κ1) is 61.1. The number of fused-ring (bicyclic) bond motifs is 2. The van der Waals surface area contributed by atoms with E-state index in [1.165, 1.54) is 27.0 Å². The lowest BCUT2D eigenvalue weighted by Crippen LogP contribution is -2.59. The van der Waals surface area contributed by atoms with Gasteiger partial charge in [0.2, 0.25) is 29.5 Å². The van der Waals surface area contributed by atoms with E-state index in [9.17, 15) is 38.4 Å². The largest absolute Gasteiger partial charge is 0.347 e. The van der Waals surface area contributed by atoms with Crippen LogP contribution in [0.5, 0.6) is 0 Å². The fraction of sp³-hybridized carbons (Fsp3) is 0.567. The van der Waals surface area contributed by atoms with Gasteiger partial charge in [-0.05, 0) is 167 Å². The zero-order valence-corrected chi connectivity index (χ0v) is 50.6. The number of aryl methyl sites for hydroxylation is 2. The SMILES string of the molecule is CN[C@@H](C)C(=O)N[C@H](C(=O)N1C[C@@H](NC(=O)c2cccc(C(=O)N[C@H]3C[C@@H](C(=O)N[C@@H]4CCCc5ccc(Br)cc54)N(C(=O)[C@@H](NC(=O)[C@H](C)NC)C(C)(C)C)C3)c2)C[C@H]1C(=O)CC[C@@H]1CCCc2ccc(Br)cc21)C(C)(C)C. The average molecular weight is 1220 g/mol. The molecule has 3 aromatic carbocycles. The fourth-order valence-electron chi connectivity index (χ4n) is 11.5. The molecule has 2 saturated heterocycles. The molecule has 4 aliphatic rings. The van der Waals surface area contributed by atoms with Crippen molar-refractivity contribution in [3.05, 3.63) is 103 Å². The van der Waals surface area contributed by atoms with Crippen LogP contribution in [0.3, 0.4) is 0 Å². The Kier molecular flexibility index (Phi) is 20.1. The highest BCUT2D eigenvalue weighted by Gasteiger charge is 2.48. The van der Waals surface area contributed by atoms with Gasteiger partial charge in [-0.15, -0.1) is 0 Å². The summed E-state index contributed by atoms with van der Waals surface area (Å²) in [7, 11) is 3.31. The second-order valence-electron chi connectivity index (χ2n) is 24.3. The first-order valence-corrected chi connectivity index (χ1v) is 29.5. The highest BCUT2D eigenvalue weighted by Crippen LogP contribution is 2.38. The van der Waals surface area contributed by atoms with E-state index in [4.69, 9.17) is 0 Å². The van der Waals surface area contributed by atoms with Crippen molar-refractivity contribution in [1.82, 2.24) is 47.0 Å². The molecule has 10 atom stereocenters. The minimum absolute atomic E-state index is 0.0174. The Hall–Kier alpha value is -5.50. The number of nitrogens with one attached hydrogen (secondary N) is 7. The molecular weight excluding hydrogens is 1130 g/mol. The highest BCUT2D eigenvalue weighted by atomic mass is 79.9. The summed E-state index contributed by atoms with van der Waals surface area (Å²) in [6.45, 7) is 14.5. The van der Waals surface area contributed by atoms with Crippen LogP contribution >= 0.6 is 31.9 Å². The summed E-state index contributed by atoms with van der Waals surface area (Å²) in [5.41, 5.74) is 3.51. The van der Waals surface area contributed by atoms with Gasteiger partial charge in [-0.25, -0.2) is 0 Å². The predicted octanol–water partition coefficient (Wildman–Crippen LogP) is 6.55. The van der Waals surface area contributed by atoms with Crippen LogP contribution in [0, 0.1) is 10.8 Å². The summed E-state index contributed by atoms with van der Waals surface area (Å²) in [4.78, 5) is 117. The number of rotatable bonds is 18. The minimum Gasteiger partial charge on any atom is -0.347 e. The van der Waals surface area contributed by atoms with Gasteiger partial charge in [0.1, 0.15) is 18.1 Å². The Bertz CT molecular complexity index is 2800. The molecule has 0 aromatic heterocycles. The van der Waals surface area contributed by atoms with E-state index in [-0.39, 0.29) is 78.9 Å². The zero-order valence-electron chi connectivity index (χ0n) is 47.4. The van der Waals surface area contributed by atoms with Gasteiger partial charge in [-0.2, -0.15) is 0 Å². The fourth-order valence-corrected chi connectivity index (χ4v) is 12.3. The van der Waals surface area contributed by atoms with Gasteiger partial charge in [0.15, 0.2) is 5.78 Å². The number of likely N-dealkylation sites (N-methyl/N-ethyl adjacent to an activating group) is 2. The van der Waals surface area contributed by atoms with Crippen LogP contribution in [0.4, 0.5) is 0 Å². The van der Waals surface area contributed by atoms with Gasteiger partial charge in [-0.3, -0.25) is 38.4 Å². The Labute approximate surface area is 482 Å². The van der Waals surface area contributed by atoms with Gasteiger partial charge in [0.05, 0.1) is 24.2 Å². The number of benzene rings is 3. The number of halogens is 2. The summed E-state index contributed by atoms with van der Waals surface area (Å²) < 4.78 is 1.87. The molecule has 0 spiro atoms. The van der Waals surface area contributed by atoms with Crippen LogP contribution in [0.15, 0.2) is 69.6 Å². The summed E-state index contributed by atoms with van der Waals surface area (Å²) >= 11 is 7.20. The van der Waals surface area contributed by atoms with Gasteiger partial charge >= 0.3 is 0 Å². The van der Waals surface area contributed by atoms with E-state index in [2.05, 4.69) is 87.3 Å². The molecule has 0 saturated carbocycles. The number of hydrogen-bond donors (Lipinski definition) is 7. The lowest BCUT2D eigenvalue weighted by molar-refractivity contribution is -0.144. The van der Waals surface area contributed by atoms with Crippen LogP contribution in [0.25, 0.3) is 0 Å². The monoisotopic (exact) mass is 1210 g/mol. The van der Waals surface area contributed by atoms with E-state index >= 15 is 0 Å². The summed E-state index contributed by atoms with van der Waals surface area (Å²) in [5.74, 6) is -2.94. The van der Waals surface area contributed by atoms with Gasteiger partial charge in [-0.1, -0.05) is 91.6 Å². The Morgan fingerprint density at radius 1 is 0.608 bits per heavy atom.